The molecule has 3 aromatic rings. The molecule has 0 atom stereocenters. The molecule has 3 aromatic carbocycles. The van der Waals surface area contributed by atoms with Crippen LogP contribution >= 0.6 is 15.9 Å². The summed E-state index contributed by atoms with van der Waals surface area (Å²) in [6.45, 7) is 2.16. The summed E-state index contributed by atoms with van der Waals surface area (Å²) in [5.74, 6) is 3.93. The fraction of sp³-hybridized carbons (Fsp3) is 0.406. The van der Waals surface area contributed by atoms with E-state index in [1.54, 1.807) is 22.3 Å². The van der Waals surface area contributed by atoms with Crippen molar-refractivity contribution >= 4 is 15.9 Å². The molecule has 174 valence electrons. The van der Waals surface area contributed by atoms with Crippen LogP contribution in [0.3, 0.4) is 0 Å². The third-order valence-electron chi connectivity index (χ3n) is 10.3. The molecule has 0 unspecified atom stereocenters. The van der Waals surface area contributed by atoms with Crippen molar-refractivity contribution in [2.24, 2.45) is 23.7 Å². The van der Waals surface area contributed by atoms with Crippen LogP contribution in [0.4, 0.5) is 0 Å². The quantitative estimate of drug-likeness (QED) is 0.382. The van der Waals surface area contributed by atoms with Crippen molar-refractivity contribution in [3.05, 3.63) is 81.3 Å². The first-order chi connectivity index (χ1) is 17.2. The van der Waals surface area contributed by atoms with Gasteiger partial charge in [0.15, 0.2) is 0 Å². The molecule has 0 amide bonds. The van der Waals surface area contributed by atoms with E-state index in [9.17, 15) is 5.26 Å². The summed E-state index contributed by atoms with van der Waals surface area (Å²) in [7, 11) is 0. The highest BCUT2D eigenvalue weighted by Gasteiger charge is 2.62. The molecule has 9 rings (SSSR count). The Kier molecular flexibility index (Phi) is 4.33. The van der Waals surface area contributed by atoms with E-state index >= 15 is 0 Å². The lowest BCUT2D eigenvalue weighted by Gasteiger charge is -2.61. The monoisotopic (exact) mass is 520 g/mol. The van der Waals surface area contributed by atoms with E-state index in [1.807, 2.05) is 12.1 Å². The van der Waals surface area contributed by atoms with Gasteiger partial charge in [0.2, 0.25) is 0 Å². The second-order valence-corrected chi connectivity index (χ2v) is 12.8. The summed E-state index contributed by atoms with van der Waals surface area (Å²) in [6.07, 6.45) is 7.03. The third-order valence-corrected chi connectivity index (χ3v) is 10.8. The van der Waals surface area contributed by atoms with Crippen LogP contribution in [0.25, 0.3) is 22.3 Å². The third kappa shape index (κ3) is 2.68. The molecule has 35 heavy (non-hydrogen) atoms. The number of nitrogens with one attached hydrogen (secondary N) is 1. The zero-order valence-electron chi connectivity index (χ0n) is 19.9. The van der Waals surface area contributed by atoms with Crippen LogP contribution < -0.4 is 5.32 Å². The Hall–Kier alpha value is -2.41. The molecular formula is C32H29BrN2. The Morgan fingerprint density at radius 1 is 0.829 bits per heavy atom. The SMILES string of the molecule is N#Cc1ccc(-c2ccc(C3CNC3)c3c2C2(c4cc(Br)ccc4-3)C3CC4CC(C3)CC2C4)cc1. The molecule has 4 saturated carbocycles. The van der Waals surface area contributed by atoms with Gasteiger partial charge in [0.1, 0.15) is 0 Å². The van der Waals surface area contributed by atoms with Crippen LogP contribution in [-0.2, 0) is 5.41 Å². The summed E-state index contributed by atoms with van der Waals surface area (Å²) >= 11 is 3.87. The second-order valence-electron chi connectivity index (χ2n) is 11.9. The maximum absolute atomic E-state index is 9.41. The van der Waals surface area contributed by atoms with Gasteiger partial charge in [-0.1, -0.05) is 46.3 Å². The predicted molar refractivity (Wildman–Crippen MR) is 143 cm³/mol. The van der Waals surface area contributed by atoms with Crippen molar-refractivity contribution < 1.29 is 0 Å². The fourth-order valence-electron chi connectivity index (χ4n) is 9.14. The maximum Gasteiger partial charge on any atom is 0.0991 e. The molecule has 1 N–H and O–H groups in total. The van der Waals surface area contributed by atoms with Crippen molar-refractivity contribution in [1.82, 2.24) is 5.32 Å². The van der Waals surface area contributed by atoms with Gasteiger partial charge in [-0.15, -0.1) is 0 Å². The van der Waals surface area contributed by atoms with Crippen molar-refractivity contribution in [1.29, 1.82) is 5.26 Å². The Bertz CT molecular complexity index is 1380. The van der Waals surface area contributed by atoms with Crippen LogP contribution in [0, 0.1) is 35.0 Å². The fourth-order valence-corrected chi connectivity index (χ4v) is 9.50. The number of hydrogen-bond acceptors (Lipinski definition) is 2. The Labute approximate surface area is 215 Å². The lowest BCUT2D eigenvalue weighted by Crippen LogP contribution is -2.55. The zero-order valence-corrected chi connectivity index (χ0v) is 21.4. The van der Waals surface area contributed by atoms with Crippen LogP contribution in [-0.4, -0.2) is 13.1 Å². The number of rotatable bonds is 2. The molecule has 4 bridgehead atoms. The first kappa shape index (κ1) is 20.7. The number of halogens is 1. The highest BCUT2D eigenvalue weighted by atomic mass is 79.9. The highest BCUT2D eigenvalue weighted by Crippen LogP contribution is 2.71. The van der Waals surface area contributed by atoms with E-state index in [0.717, 1.165) is 42.3 Å². The normalized spacial score (nSPS) is 31.8. The average Bonchev–Trinajstić information content (AvgIpc) is 3.12. The summed E-state index contributed by atoms with van der Waals surface area (Å²) < 4.78 is 1.21. The van der Waals surface area contributed by atoms with Gasteiger partial charge in [-0.3, -0.25) is 0 Å². The molecule has 0 radical (unpaired) electrons. The number of nitriles is 1. The minimum Gasteiger partial charge on any atom is -0.315 e. The Morgan fingerprint density at radius 3 is 2.14 bits per heavy atom. The van der Waals surface area contributed by atoms with Gasteiger partial charge in [0, 0.05) is 28.9 Å². The van der Waals surface area contributed by atoms with E-state index in [0.29, 0.717) is 5.92 Å². The summed E-state index contributed by atoms with van der Waals surface area (Å²) in [5, 5.41) is 12.9. The Morgan fingerprint density at radius 2 is 1.51 bits per heavy atom. The largest absolute Gasteiger partial charge is 0.315 e. The van der Waals surface area contributed by atoms with Crippen LogP contribution in [0.2, 0.25) is 0 Å². The van der Waals surface area contributed by atoms with Gasteiger partial charge in [-0.2, -0.15) is 5.26 Å². The molecule has 0 aromatic heterocycles. The summed E-state index contributed by atoms with van der Waals surface area (Å²) in [6, 6.07) is 22.7. The zero-order chi connectivity index (χ0) is 23.3. The van der Waals surface area contributed by atoms with Gasteiger partial charge in [0.25, 0.3) is 0 Å². The minimum atomic E-state index is 0.123. The molecule has 6 aliphatic rings. The van der Waals surface area contributed by atoms with E-state index in [2.05, 4.69) is 69.8 Å². The van der Waals surface area contributed by atoms with Crippen LogP contribution in [0.5, 0.6) is 0 Å². The van der Waals surface area contributed by atoms with E-state index in [1.165, 1.54) is 53.3 Å². The summed E-state index contributed by atoms with van der Waals surface area (Å²) in [4.78, 5) is 0. The molecule has 1 saturated heterocycles. The van der Waals surface area contributed by atoms with Crippen LogP contribution in [0.1, 0.15) is 60.3 Å². The first-order valence-corrected chi connectivity index (χ1v) is 14.1. The molecule has 3 heteroatoms. The molecular weight excluding hydrogens is 492 g/mol. The number of nitrogens with zero attached hydrogens (tertiary/aromatic N) is 1. The van der Waals surface area contributed by atoms with Crippen molar-refractivity contribution in [3.63, 3.8) is 0 Å². The molecule has 5 fully saturated rings. The lowest BCUT2D eigenvalue weighted by atomic mass is 9.42. The second kappa shape index (κ2) is 7.31. The van der Waals surface area contributed by atoms with Gasteiger partial charge in [-0.05, 0) is 119 Å². The van der Waals surface area contributed by atoms with E-state index in [4.69, 9.17) is 0 Å². The number of hydrogen-bond donors (Lipinski definition) is 1. The highest BCUT2D eigenvalue weighted by molar-refractivity contribution is 9.10. The van der Waals surface area contributed by atoms with Gasteiger partial charge < -0.3 is 5.32 Å². The molecule has 1 heterocycles. The lowest BCUT2D eigenvalue weighted by molar-refractivity contribution is -0.0397. The smallest absolute Gasteiger partial charge is 0.0991 e. The van der Waals surface area contributed by atoms with Gasteiger partial charge in [0.05, 0.1) is 11.6 Å². The standard InChI is InChI=1S/C32H29BrN2/c33-25-5-6-28-29(14-25)32(23-10-19-9-20(12-23)13-24(32)11-19)31-27(21-3-1-18(15-34)2-4-21)8-7-26(30(28)31)22-16-35-17-22/h1-8,14,19-20,22-24,35H,9-13,16-17H2. The summed E-state index contributed by atoms with van der Waals surface area (Å²) in [5.41, 5.74) is 11.3. The number of benzene rings is 3. The van der Waals surface area contributed by atoms with Crippen molar-refractivity contribution in [2.75, 3.05) is 13.1 Å². The first-order valence-electron chi connectivity index (χ1n) is 13.4. The maximum atomic E-state index is 9.41. The molecule has 2 nitrogen and oxygen atoms in total. The number of fused-ring (bicyclic) bond motifs is 3. The average molecular weight is 522 g/mol. The van der Waals surface area contributed by atoms with E-state index in [-0.39, 0.29) is 5.41 Å². The van der Waals surface area contributed by atoms with Crippen LogP contribution in [0.15, 0.2) is 59.1 Å². The Balaban J connectivity index is 1.46. The molecule has 1 aliphatic heterocycles. The minimum absolute atomic E-state index is 0.123. The molecule has 1 spiro atoms. The van der Waals surface area contributed by atoms with Crippen molar-refractivity contribution in [3.8, 4) is 28.3 Å². The predicted octanol–water partition coefficient (Wildman–Crippen LogP) is 7.40. The van der Waals surface area contributed by atoms with Crippen molar-refractivity contribution in [2.45, 2.75) is 43.4 Å². The van der Waals surface area contributed by atoms with E-state index < -0.39 is 0 Å². The molecule has 5 aliphatic carbocycles. The van der Waals surface area contributed by atoms with Gasteiger partial charge in [-0.25, -0.2) is 0 Å². The topological polar surface area (TPSA) is 35.8 Å². The van der Waals surface area contributed by atoms with Gasteiger partial charge >= 0.3 is 0 Å².